The first-order valence-corrected chi connectivity index (χ1v) is 10.6. The second-order valence-corrected chi connectivity index (χ2v) is 8.42. The molecule has 3 aromatic rings. The Morgan fingerprint density at radius 1 is 1.00 bits per heavy atom. The van der Waals surface area contributed by atoms with E-state index in [0.29, 0.717) is 41.2 Å². The predicted molar refractivity (Wildman–Crippen MR) is 108 cm³/mol. The number of aromatic nitrogens is 3. The van der Waals surface area contributed by atoms with Gasteiger partial charge >= 0.3 is 0 Å². The van der Waals surface area contributed by atoms with Gasteiger partial charge in [-0.15, -0.1) is 0 Å². The molecule has 0 spiro atoms. The third-order valence-electron chi connectivity index (χ3n) is 6.12. The highest BCUT2D eigenvalue weighted by atomic mass is 19.2. The van der Waals surface area contributed by atoms with Crippen LogP contribution in [-0.2, 0) is 6.54 Å². The zero-order valence-corrected chi connectivity index (χ0v) is 16.4. The summed E-state index contributed by atoms with van der Waals surface area (Å²) in [5.74, 6) is 0.623. The van der Waals surface area contributed by atoms with Crippen LogP contribution < -0.4 is 4.74 Å². The molecule has 0 atom stereocenters. The second-order valence-electron chi connectivity index (χ2n) is 8.42. The summed E-state index contributed by atoms with van der Waals surface area (Å²) in [6, 6.07) is 6.24. The number of benzene rings is 1. The molecule has 2 aliphatic carbocycles. The Morgan fingerprint density at radius 2 is 1.79 bits per heavy atom. The molecule has 4 nitrogen and oxygen atoms in total. The molecule has 0 unspecified atom stereocenters. The fourth-order valence-electron chi connectivity index (χ4n) is 4.30. The lowest BCUT2D eigenvalue weighted by molar-refractivity contribution is 0.289. The largest absolute Gasteiger partial charge is 0.477 e. The molecule has 152 valence electrons. The summed E-state index contributed by atoms with van der Waals surface area (Å²) < 4.78 is 36.0. The average molecular weight is 397 g/mol. The second kappa shape index (κ2) is 7.73. The lowest BCUT2D eigenvalue weighted by atomic mass is 9.89. The molecule has 2 saturated carbocycles. The van der Waals surface area contributed by atoms with Crippen LogP contribution in [0.3, 0.4) is 0 Å². The van der Waals surface area contributed by atoms with Gasteiger partial charge in [0.05, 0.1) is 23.2 Å². The Bertz CT molecular complexity index is 1020. The molecule has 0 amide bonds. The van der Waals surface area contributed by atoms with Gasteiger partial charge in [0.15, 0.2) is 11.6 Å². The third kappa shape index (κ3) is 3.85. The summed E-state index contributed by atoms with van der Waals surface area (Å²) >= 11 is 0. The number of hydrogen-bond donors (Lipinski definition) is 0. The van der Waals surface area contributed by atoms with Crippen molar-refractivity contribution in [2.45, 2.75) is 51.5 Å². The molecular weight excluding hydrogens is 372 g/mol. The van der Waals surface area contributed by atoms with Gasteiger partial charge in [-0.1, -0.05) is 19.3 Å². The molecule has 2 heterocycles. The normalized spacial score (nSPS) is 17.7. The summed E-state index contributed by atoms with van der Waals surface area (Å²) in [4.78, 5) is 9.11. The van der Waals surface area contributed by atoms with Crippen LogP contribution in [0.2, 0.25) is 0 Å². The highest BCUT2D eigenvalue weighted by Crippen LogP contribution is 2.35. The fraction of sp³-hybridized carbons (Fsp3) is 0.478. The molecular formula is C23H25F2N3O. The number of halogens is 2. The molecule has 6 heteroatoms. The number of ether oxygens (including phenoxy) is 1. The maximum atomic E-state index is 14.1. The van der Waals surface area contributed by atoms with Gasteiger partial charge in [-0.05, 0) is 49.7 Å². The highest BCUT2D eigenvalue weighted by molar-refractivity contribution is 5.81. The van der Waals surface area contributed by atoms with Crippen molar-refractivity contribution in [3.05, 3.63) is 42.1 Å². The van der Waals surface area contributed by atoms with Crippen LogP contribution in [0, 0.1) is 23.5 Å². The van der Waals surface area contributed by atoms with Gasteiger partial charge in [0.1, 0.15) is 5.82 Å². The first-order valence-electron chi connectivity index (χ1n) is 10.6. The third-order valence-corrected chi connectivity index (χ3v) is 6.12. The van der Waals surface area contributed by atoms with E-state index >= 15 is 0 Å². The minimum Gasteiger partial charge on any atom is -0.477 e. The first-order chi connectivity index (χ1) is 14.2. The van der Waals surface area contributed by atoms with E-state index in [9.17, 15) is 8.78 Å². The van der Waals surface area contributed by atoms with E-state index in [0.717, 1.165) is 24.9 Å². The molecule has 5 rings (SSSR count). The topological polar surface area (TPSA) is 39.9 Å². The van der Waals surface area contributed by atoms with Crippen molar-refractivity contribution in [1.82, 2.24) is 14.5 Å². The van der Waals surface area contributed by atoms with Crippen LogP contribution in [0.25, 0.3) is 22.4 Å². The molecule has 0 aliphatic heterocycles. The summed E-state index contributed by atoms with van der Waals surface area (Å²) in [6.45, 7) is 1.39. The number of rotatable bonds is 6. The average Bonchev–Trinajstić information content (AvgIpc) is 3.51. The molecule has 0 saturated heterocycles. The van der Waals surface area contributed by atoms with Crippen molar-refractivity contribution in [1.29, 1.82) is 0 Å². The van der Waals surface area contributed by atoms with Gasteiger partial charge in [-0.25, -0.2) is 18.7 Å². The van der Waals surface area contributed by atoms with E-state index in [4.69, 9.17) is 9.72 Å². The van der Waals surface area contributed by atoms with Crippen molar-refractivity contribution in [3.63, 3.8) is 0 Å². The van der Waals surface area contributed by atoms with Crippen molar-refractivity contribution < 1.29 is 13.5 Å². The van der Waals surface area contributed by atoms with E-state index in [2.05, 4.69) is 4.98 Å². The smallest absolute Gasteiger partial charge is 0.224 e. The standard InChI is InChI=1S/C23H25F2N3O/c24-18-11-20-21(12-19(18)25)28(13-15-5-2-1-3-6-15)22(27-20)17-7-4-10-26-23(17)29-14-16-8-9-16/h4,7,10-12,15-16H,1-3,5-6,8-9,13-14H2. The Morgan fingerprint density at radius 3 is 2.59 bits per heavy atom. The monoisotopic (exact) mass is 397 g/mol. The van der Waals surface area contributed by atoms with E-state index < -0.39 is 11.6 Å². The van der Waals surface area contributed by atoms with E-state index in [-0.39, 0.29) is 0 Å². The highest BCUT2D eigenvalue weighted by Gasteiger charge is 2.25. The Hall–Kier alpha value is -2.50. The predicted octanol–water partition coefficient (Wildman–Crippen LogP) is 5.75. The number of hydrogen-bond acceptors (Lipinski definition) is 3. The fourth-order valence-corrected chi connectivity index (χ4v) is 4.30. The van der Waals surface area contributed by atoms with Crippen LogP contribution in [-0.4, -0.2) is 21.1 Å². The number of fused-ring (bicyclic) bond motifs is 1. The van der Waals surface area contributed by atoms with Gasteiger partial charge in [-0.3, -0.25) is 0 Å². The maximum absolute atomic E-state index is 14.1. The molecule has 0 bridgehead atoms. The van der Waals surface area contributed by atoms with Crippen molar-refractivity contribution in [3.8, 4) is 17.3 Å². The lowest BCUT2D eigenvalue weighted by Gasteiger charge is -2.23. The zero-order valence-electron chi connectivity index (χ0n) is 16.4. The maximum Gasteiger partial charge on any atom is 0.224 e. The molecule has 2 fully saturated rings. The minimum atomic E-state index is -0.872. The van der Waals surface area contributed by atoms with Gasteiger partial charge in [-0.2, -0.15) is 0 Å². The van der Waals surface area contributed by atoms with Crippen LogP contribution in [0.4, 0.5) is 8.78 Å². The van der Waals surface area contributed by atoms with Crippen LogP contribution in [0.15, 0.2) is 30.5 Å². The molecule has 1 aromatic carbocycles. The molecule has 0 radical (unpaired) electrons. The number of nitrogens with zero attached hydrogens (tertiary/aromatic N) is 3. The first kappa shape index (κ1) is 18.5. The van der Waals surface area contributed by atoms with Crippen molar-refractivity contribution in [2.75, 3.05) is 6.61 Å². The minimum absolute atomic E-state index is 0.465. The van der Waals surface area contributed by atoms with Gasteiger partial charge in [0, 0.05) is 24.9 Å². The molecule has 2 aliphatic rings. The number of pyridine rings is 1. The lowest BCUT2D eigenvalue weighted by Crippen LogP contribution is -2.15. The number of imidazole rings is 1. The summed E-state index contributed by atoms with van der Waals surface area (Å²) in [7, 11) is 0. The van der Waals surface area contributed by atoms with Gasteiger partial charge in [0.2, 0.25) is 5.88 Å². The van der Waals surface area contributed by atoms with E-state index in [1.165, 1.54) is 44.2 Å². The Kier molecular flexibility index (Phi) is 4.94. The Balaban J connectivity index is 1.59. The van der Waals surface area contributed by atoms with E-state index in [1.54, 1.807) is 6.20 Å². The van der Waals surface area contributed by atoms with Crippen LogP contribution in [0.5, 0.6) is 5.88 Å². The summed E-state index contributed by atoms with van der Waals surface area (Å²) in [6.07, 6.45) is 10.1. The zero-order chi connectivity index (χ0) is 19.8. The van der Waals surface area contributed by atoms with Crippen LogP contribution in [0.1, 0.15) is 44.9 Å². The van der Waals surface area contributed by atoms with Gasteiger partial charge in [0.25, 0.3) is 0 Å². The van der Waals surface area contributed by atoms with Crippen molar-refractivity contribution in [2.24, 2.45) is 11.8 Å². The summed E-state index contributed by atoms with van der Waals surface area (Å²) in [5.41, 5.74) is 1.87. The van der Waals surface area contributed by atoms with Crippen molar-refractivity contribution >= 4 is 11.0 Å². The Labute approximate surface area is 168 Å². The van der Waals surface area contributed by atoms with Crippen LogP contribution >= 0.6 is 0 Å². The molecule has 0 N–H and O–H groups in total. The van der Waals surface area contributed by atoms with E-state index in [1.807, 2.05) is 16.7 Å². The molecule has 29 heavy (non-hydrogen) atoms. The SMILES string of the molecule is Fc1cc2nc(-c3cccnc3OCC3CC3)n(CC3CCCCC3)c2cc1F. The quantitative estimate of drug-likeness (QED) is 0.532. The van der Waals surface area contributed by atoms with Gasteiger partial charge < -0.3 is 9.30 Å². The molecule has 2 aromatic heterocycles. The summed E-state index contributed by atoms with van der Waals surface area (Å²) in [5, 5.41) is 0.